The van der Waals surface area contributed by atoms with Crippen LogP contribution in [0.3, 0.4) is 0 Å². The molecule has 100 valence electrons. The highest BCUT2D eigenvalue weighted by molar-refractivity contribution is 9.10. The summed E-state index contributed by atoms with van der Waals surface area (Å²) in [5, 5.41) is 5.28. The van der Waals surface area contributed by atoms with Crippen LogP contribution in [0.2, 0.25) is 0 Å². The summed E-state index contributed by atoms with van der Waals surface area (Å²) in [6, 6.07) is 15.6. The van der Waals surface area contributed by atoms with E-state index in [4.69, 9.17) is 0 Å². The summed E-state index contributed by atoms with van der Waals surface area (Å²) in [4.78, 5) is 12.5. The molecule has 0 saturated heterocycles. The van der Waals surface area contributed by atoms with Gasteiger partial charge in [-0.05, 0) is 23.8 Å². The summed E-state index contributed by atoms with van der Waals surface area (Å²) >= 11 is 3.42. The predicted octanol–water partition coefficient (Wildman–Crippen LogP) is 3.76. The zero-order valence-electron chi connectivity index (χ0n) is 11.0. The number of ketones is 1. The van der Waals surface area contributed by atoms with Crippen LogP contribution in [0.5, 0.6) is 0 Å². The SMILES string of the molecule is Cn1nc(C(=O)Cc2cccc(Br)c2)c2ccccc21. The third-order valence-corrected chi connectivity index (χ3v) is 3.77. The smallest absolute Gasteiger partial charge is 0.188 e. The lowest BCUT2D eigenvalue weighted by Crippen LogP contribution is -2.05. The van der Waals surface area contributed by atoms with E-state index in [1.807, 2.05) is 55.6 Å². The lowest BCUT2D eigenvalue weighted by molar-refractivity contribution is 0.0989. The van der Waals surface area contributed by atoms with Crippen molar-refractivity contribution in [3.8, 4) is 0 Å². The van der Waals surface area contributed by atoms with E-state index >= 15 is 0 Å². The maximum absolute atomic E-state index is 12.5. The van der Waals surface area contributed by atoms with E-state index < -0.39 is 0 Å². The number of fused-ring (bicyclic) bond motifs is 1. The average Bonchev–Trinajstić information content (AvgIpc) is 2.77. The van der Waals surface area contributed by atoms with Crippen molar-refractivity contribution in [1.29, 1.82) is 0 Å². The van der Waals surface area contributed by atoms with Crippen molar-refractivity contribution < 1.29 is 4.79 Å². The van der Waals surface area contributed by atoms with Crippen LogP contribution in [-0.2, 0) is 13.5 Å². The van der Waals surface area contributed by atoms with E-state index in [9.17, 15) is 4.79 Å². The van der Waals surface area contributed by atoms with Crippen LogP contribution in [0, 0.1) is 0 Å². The summed E-state index contributed by atoms with van der Waals surface area (Å²) in [6.07, 6.45) is 0.362. The lowest BCUT2D eigenvalue weighted by atomic mass is 10.0. The summed E-state index contributed by atoms with van der Waals surface area (Å²) in [5.74, 6) is 0.0416. The molecule has 3 rings (SSSR count). The minimum Gasteiger partial charge on any atom is -0.292 e. The zero-order chi connectivity index (χ0) is 14.1. The Morgan fingerprint density at radius 1 is 1.20 bits per heavy atom. The molecule has 0 aliphatic carbocycles. The Morgan fingerprint density at radius 2 is 2.00 bits per heavy atom. The van der Waals surface area contributed by atoms with Crippen molar-refractivity contribution in [3.63, 3.8) is 0 Å². The molecule has 0 spiro atoms. The highest BCUT2D eigenvalue weighted by atomic mass is 79.9. The first-order valence-electron chi connectivity index (χ1n) is 6.34. The van der Waals surface area contributed by atoms with E-state index in [-0.39, 0.29) is 5.78 Å². The van der Waals surface area contributed by atoms with E-state index in [2.05, 4.69) is 21.0 Å². The van der Waals surface area contributed by atoms with Gasteiger partial charge in [-0.15, -0.1) is 0 Å². The minimum absolute atomic E-state index is 0.0416. The Balaban J connectivity index is 1.97. The van der Waals surface area contributed by atoms with E-state index in [0.717, 1.165) is 20.9 Å². The van der Waals surface area contributed by atoms with Gasteiger partial charge in [0, 0.05) is 23.3 Å². The molecule has 3 nitrogen and oxygen atoms in total. The number of halogens is 1. The van der Waals surface area contributed by atoms with Crippen molar-refractivity contribution in [1.82, 2.24) is 9.78 Å². The number of para-hydroxylation sites is 1. The molecule has 0 radical (unpaired) electrons. The third-order valence-electron chi connectivity index (χ3n) is 3.28. The fourth-order valence-electron chi connectivity index (χ4n) is 2.34. The molecule has 1 heterocycles. The number of nitrogens with zero attached hydrogens (tertiary/aromatic N) is 2. The van der Waals surface area contributed by atoms with E-state index in [1.54, 1.807) is 4.68 Å². The van der Waals surface area contributed by atoms with Gasteiger partial charge >= 0.3 is 0 Å². The quantitative estimate of drug-likeness (QED) is 0.686. The second-order valence-corrected chi connectivity index (χ2v) is 5.63. The molecule has 0 aliphatic heterocycles. The molecular weight excluding hydrogens is 316 g/mol. The second kappa shape index (κ2) is 5.21. The summed E-state index contributed by atoms with van der Waals surface area (Å²) in [6.45, 7) is 0. The van der Waals surface area contributed by atoms with Gasteiger partial charge in [-0.3, -0.25) is 9.48 Å². The van der Waals surface area contributed by atoms with Crippen molar-refractivity contribution in [2.24, 2.45) is 7.05 Å². The molecule has 0 saturated carbocycles. The van der Waals surface area contributed by atoms with Crippen molar-refractivity contribution in [2.75, 3.05) is 0 Å². The topological polar surface area (TPSA) is 34.9 Å². The molecule has 1 aromatic heterocycles. The number of Topliss-reactive ketones (excluding diaryl/α,β-unsaturated/α-hetero) is 1. The number of benzene rings is 2. The fourth-order valence-corrected chi connectivity index (χ4v) is 2.78. The zero-order valence-corrected chi connectivity index (χ0v) is 12.6. The van der Waals surface area contributed by atoms with Gasteiger partial charge in [-0.1, -0.05) is 46.3 Å². The van der Waals surface area contributed by atoms with Gasteiger partial charge in [-0.2, -0.15) is 5.10 Å². The van der Waals surface area contributed by atoms with Crippen LogP contribution in [0.25, 0.3) is 10.9 Å². The molecule has 2 aromatic carbocycles. The van der Waals surface area contributed by atoms with Gasteiger partial charge in [0.2, 0.25) is 0 Å². The number of carbonyl (C=O) groups is 1. The van der Waals surface area contributed by atoms with E-state index in [0.29, 0.717) is 12.1 Å². The molecule has 0 N–H and O–H groups in total. The van der Waals surface area contributed by atoms with Crippen LogP contribution in [-0.4, -0.2) is 15.6 Å². The number of hydrogen-bond acceptors (Lipinski definition) is 2. The molecule has 0 atom stereocenters. The largest absolute Gasteiger partial charge is 0.292 e. The predicted molar refractivity (Wildman–Crippen MR) is 82.9 cm³/mol. The maximum atomic E-state index is 12.5. The summed E-state index contributed by atoms with van der Waals surface area (Å²) in [5.41, 5.74) is 2.51. The molecule has 20 heavy (non-hydrogen) atoms. The molecule has 0 amide bonds. The van der Waals surface area contributed by atoms with Crippen LogP contribution in [0.1, 0.15) is 16.1 Å². The molecule has 3 aromatic rings. The lowest BCUT2D eigenvalue weighted by Gasteiger charge is -2.00. The first-order valence-corrected chi connectivity index (χ1v) is 7.14. The van der Waals surface area contributed by atoms with Gasteiger partial charge in [0.25, 0.3) is 0 Å². The average molecular weight is 329 g/mol. The Hall–Kier alpha value is -1.94. The van der Waals surface area contributed by atoms with Gasteiger partial charge in [0.15, 0.2) is 5.78 Å². The Bertz CT molecular complexity index is 792. The molecule has 0 aliphatic rings. The number of aryl methyl sites for hydroxylation is 1. The highest BCUT2D eigenvalue weighted by Crippen LogP contribution is 2.20. The number of hydrogen-bond donors (Lipinski definition) is 0. The van der Waals surface area contributed by atoms with Crippen LogP contribution < -0.4 is 0 Å². The number of carbonyl (C=O) groups excluding carboxylic acids is 1. The standard InChI is InChI=1S/C16H13BrN2O/c1-19-14-8-3-2-7-13(14)16(18-19)15(20)10-11-5-4-6-12(17)9-11/h2-9H,10H2,1H3. The summed E-state index contributed by atoms with van der Waals surface area (Å²) in [7, 11) is 1.86. The molecule has 4 heteroatoms. The number of rotatable bonds is 3. The van der Waals surface area contributed by atoms with Crippen LogP contribution >= 0.6 is 15.9 Å². The Morgan fingerprint density at radius 3 is 2.80 bits per heavy atom. The third kappa shape index (κ3) is 2.39. The Kier molecular flexibility index (Phi) is 3.40. The van der Waals surface area contributed by atoms with Gasteiger partial charge in [0.1, 0.15) is 5.69 Å². The molecule has 0 fully saturated rings. The van der Waals surface area contributed by atoms with Crippen LogP contribution in [0.15, 0.2) is 53.0 Å². The van der Waals surface area contributed by atoms with Crippen molar-refractivity contribution in [3.05, 3.63) is 64.3 Å². The number of aromatic nitrogens is 2. The minimum atomic E-state index is 0.0416. The maximum Gasteiger partial charge on any atom is 0.188 e. The first-order chi connectivity index (χ1) is 9.65. The fraction of sp³-hybridized carbons (Fsp3) is 0.125. The monoisotopic (exact) mass is 328 g/mol. The van der Waals surface area contributed by atoms with Gasteiger partial charge in [-0.25, -0.2) is 0 Å². The second-order valence-electron chi connectivity index (χ2n) is 4.72. The first kappa shape index (κ1) is 13.1. The van der Waals surface area contributed by atoms with Crippen molar-refractivity contribution >= 4 is 32.6 Å². The van der Waals surface area contributed by atoms with Gasteiger partial charge < -0.3 is 0 Å². The van der Waals surface area contributed by atoms with Gasteiger partial charge in [0.05, 0.1) is 5.52 Å². The summed E-state index contributed by atoms with van der Waals surface area (Å²) < 4.78 is 2.73. The molecular formula is C16H13BrN2O. The van der Waals surface area contributed by atoms with Crippen LogP contribution in [0.4, 0.5) is 0 Å². The Labute approximate surface area is 125 Å². The molecule has 0 unspecified atom stereocenters. The highest BCUT2D eigenvalue weighted by Gasteiger charge is 2.15. The normalized spacial score (nSPS) is 10.9. The van der Waals surface area contributed by atoms with E-state index in [1.165, 1.54) is 0 Å². The molecule has 0 bridgehead atoms. The van der Waals surface area contributed by atoms with Crippen molar-refractivity contribution in [2.45, 2.75) is 6.42 Å².